The summed E-state index contributed by atoms with van der Waals surface area (Å²) in [7, 11) is 0. The van der Waals surface area contributed by atoms with Crippen molar-refractivity contribution in [1.82, 2.24) is 5.32 Å². The third-order valence-electron chi connectivity index (χ3n) is 4.39. The van der Waals surface area contributed by atoms with E-state index in [2.05, 4.69) is 50.4 Å². The molecule has 2 atom stereocenters. The summed E-state index contributed by atoms with van der Waals surface area (Å²) < 4.78 is 0. The van der Waals surface area contributed by atoms with Gasteiger partial charge in [-0.3, -0.25) is 0 Å². The van der Waals surface area contributed by atoms with Gasteiger partial charge in [-0.2, -0.15) is 0 Å². The maximum Gasteiger partial charge on any atom is 0.0323 e. The highest BCUT2D eigenvalue weighted by molar-refractivity contribution is 5.34. The Balaban J connectivity index is 1.83. The number of fused-ring (bicyclic) bond motifs is 1. The van der Waals surface area contributed by atoms with E-state index >= 15 is 0 Å². The second-order valence-corrected chi connectivity index (χ2v) is 6.50. The van der Waals surface area contributed by atoms with Gasteiger partial charge in [0, 0.05) is 6.04 Å². The van der Waals surface area contributed by atoms with Gasteiger partial charge in [-0.05, 0) is 48.8 Å². The van der Waals surface area contributed by atoms with Crippen LogP contribution < -0.4 is 5.32 Å². The maximum atomic E-state index is 3.77. The third-order valence-corrected chi connectivity index (χ3v) is 4.39. The van der Waals surface area contributed by atoms with Crippen LogP contribution in [-0.4, -0.2) is 6.54 Å². The molecule has 0 spiro atoms. The molecule has 0 bridgehead atoms. The van der Waals surface area contributed by atoms with E-state index in [1.165, 1.54) is 38.6 Å². The van der Waals surface area contributed by atoms with Crippen molar-refractivity contribution in [1.29, 1.82) is 0 Å². The second-order valence-electron chi connectivity index (χ2n) is 6.50. The molecule has 1 N–H and O–H groups in total. The van der Waals surface area contributed by atoms with Gasteiger partial charge in [0.15, 0.2) is 0 Å². The average Bonchev–Trinajstić information content (AvgIpc) is 2.41. The first-order valence-corrected chi connectivity index (χ1v) is 8.00. The number of rotatable bonds is 6. The molecule has 1 aliphatic rings. The quantitative estimate of drug-likeness (QED) is 0.706. The zero-order valence-electron chi connectivity index (χ0n) is 12.8. The standard InChI is InChI=1S/C18H29N/c1-14(2)8-6-7-13-19-18-12-11-15(3)16-9-4-5-10-17(16)18/h4-5,9-10,14-15,18-19H,6-8,11-13H2,1-3H3. The fraction of sp³-hybridized carbons (Fsp3) is 0.667. The number of nitrogens with one attached hydrogen (secondary N) is 1. The third kappa shape index (κ3) is 4.07. The lowest BCUT2D eigenvalue weighted by molar-refractivity contribution is 0.420. The van der Waals surface area contributed by atoms with Crippen LogP contribution in [0.3, 0.4) is 0 Å². The van der Waals surface area contributed by atoms with Crippen LogP contribution in [0, 0.1) is 5.92 Å². The van der Waals surface area contributed by atoms with Crippen molar-refractivity contribution in [3.63, 3.8) is 0 Å². The lowest BCUT2D eigenvalue weighted by atomic mass is 9.81. The first-order valence-electron chi connectivity index (χ1n) is 8.00. The van der Waals surface area contributed by atoms with Crippen molar-refractivity contribution in [3.05, 3.63) is 35.4 Å². The summed E-state index contributed by atoms with van der Waals surface area (Å²) in [6.45, 7) is 8.15. The Morgan fingerprint density at radius 1 is 1.11 bits per heavy atom. The Morgan fingerprint density at radius 2 is 1.84 bits per heavy atom. The van der Waals surface area contributed by atoms with Crippen molar-refractivity contribution in [2.75, 3.05) is 6.54 Å². The fourth-order valence-corrected chi connectivity index (χ4v) is 3.17. The molecule has 0 aromatic heterocycles. The minimum Gasteiger partial charge on any atom is -0.310 e. The van der Waals surface area contributed by atoms with Crippen molar-refractivity contribution in [2.45, 2.75) is 64.8 Å². The summed E-state index contributed by atoms with van der Waals surface area (Å²) in [5.74, 6) is 1.58. The van der Waals surface area contributed by atoms with Crippen LogP contribution in [0.4, 0.5) is 0 Å². The highest BCUT2D eigenvalue weighted by atomic mass is 14.9. The number of hydrogen-bond acceptors (Lipinski definition) is 1. The van der Waals surface area contributed by atoms with Gasteiger partial charge in [-0.15, -0.1) is 0 Å². The maximum absolute atomic E-state index is 3.77. The minimum atomic E-state index is 0.589. The summed E-state index contributed by atoms with van der Waals surface area (Å²) in [6, 6.07) is 9.58. The molecule has 1 aromatic carbocycles. The summed E-state index contributed by atoms with van der Waals surface area (Å²) in [4.78, 5) is 0. The largest absolute Gasteiger partial charge is 0.310 e. The summed E-state index contributed by atoms with van der Waals surface area (Å²) >= 11 is 0. The average molecular weight is 259 g/mol. The molecule has 1 heteroatoms. The molecular weight excluding hydrogens is 230 g/mol. The van der Waals surface area contributed by atoms with E-state index in [0.29, 0.717) is 6.04 Å². The lowest BCUT2D eigenvalue weighted by Gasteiger charge is -2.30. The Hall–Kier alpha value is -0.820. The molecule has 0 fully saturated rings. The molecule has 0 saturated carbocycles. The number of hydrogen-bond donors (Lipinski definition) is 1. The predicted octanol–water partition coefficient (Wildman–Crippen LogP) is 5.04. The highest BCUT2D eigenvalue weighted by Gasteiger charge is 2.23. The van der Waals surface area contributed by atoms with Gasteiger partial charge in [-0.1, -0.05) is 57.9 Å². The smallest absolute Gasteiger partial charge is 0.0323 e. The van der Waals surface area contributed by atoms with Crippen molar-refractivity contribution < 1.29 is 0 Å². The molecule has 1 aromatic rings. The Kier molecular flexibility index (Phi) is 5.45. The van der Waals surface area contributed by atoms with E-state index in [9.17, 15) is 0 Å². The molecule has 1 nitrogen and oxygen atoms in total. The van der Waals surface area contributed by atoms with Crippen LogP contribution in [0.1, 0.15) is 76.0 Å². The van der Waals surface area contributed by atoms with Gasteiger partial charge in [0.05, 0.1) is 0 Å². The lowest BCUT2D eigenvalue weighted by Crippen LogP contribution is -2.27. The molecule has 0 heterocycles. The van der Waals surface area contributed by atoms with Crippen LogP contribution in [0.5, 0.6) is 0 Å². The monoisotopic (exact) mass is 259 g/mol. The van der Waals surface area contributed by atoms with Crippen LogP contribution in [0.25, 0.3) is 0 Å². The Labute approximate surface area is 118 Å². The molecule has 0 amide bonds. The number of unbranched alkanes of at least 4 members (excludes halogenated alkanes) is 1. The molecule has 2 rings (SSSR count). The molecular formula is C18H29N. The Morgan fingerprint density at radius 3 is 2.58 bits per heavy atom. The van der Waals surface area contributed by atoms with Gasteiger partial charge >= 0.3 is 0 Å². The van der Waals surface area contributed by atoms with E-state index in [-0.39, 0.29) is 0 Å². The highest BCUT2D eigenvalue weighted by Crippen LogP contribution is 2.36. The molecule has 0 saturated heterocycles. The fourth-order valence-electron chi connectivity index (χ4n) is 3.17. The first-order chi connectivity index (χ1) is 9.18. The van der Waals surface area contributed by atoms with E-state index in [1.807, 2.05) is 0 Å². The van der Waals surface area contributed by atoms with E-state index in [0.717, 1.165) is 11.8 Å². The molecule has 19 heavy (non-hydrogen) atoms. The topological polar surface area (TPSA) is 12.0 Å². The molecule has 0 aliphatic heterocycles. The van der Waals surface area contributed by atoms with Crippen LogP contribution in [0.2, 0.25) is 0 Å². The first kappa shape index (κ1) is 14.6. The van der Waals surface area contributed by atoms with Gasteiger partial charge in [0.2, 0.25) is 0 Å². The van der Waals surface area contributed by atoms with E-state index in [1.54, 1.807) is 11.1 Å². The summed E-state index contributed by atoms with van der Waals surface area (Å²) in [6.07, 6.45) is 6.64. The van der Waals surface area contributed by atoms with Crippen LogP contribution in [0.15, 0.2) is 24.3 Å². The number of benzene rings is 1. The van der Waals surface area contributed by atoms with Gasteiger partial charge in [-0.25, -0.2) is 0 Å². The van der Waals surface area contributed by atoms with Gasteiger partial charge in [0.1, 0.15) is 0 Å². The summed E-state index contributed by atoms with van der Waals surface area (Å²) in [5, 5.41) is 3.77. The predicted molar refractivity (Wildman–Crippen MR) is 83.5 cm³/mol. The molecule has 1 aliphatic carbocycles. The van der Waals surface area contributed by atoms with Crippen LogP contribution in [-0.2, 0) is 0 Å². The van der Waals surface area contributed by atoms with Gasteiger partial charge < -0.3 is 5.32 Å². The van der Waals surface area contributed by atoms with E-state index in [4.69, 9.17) is 0 Å². The van der Waals surface area contributed by atoms with Crippen molar-refractivity contribution in [2.24, 2.45) is 5.92 Å². The van der Waals surface area contributed by atoms with Crippen molar-refractivity contribution in [3.8, 4) is 0 Å². The van der Waals surface area contributed by atoms with Crippen LogP contribution >= 0.6 is 0 Å². The van der Waals surface area contributed by atoms with Gasteiger partial charge in [0.25, 0.3) is 0 Å². The zero-order valence-corrected chi connectivity index (χ0v) is 12.8. The molecule has 106 valence electrons. The summed E-state index contributed by atoms with van der Waals surface area (Å²) in [5.41, 5.74) is 3.11. The Bertz CT molecular complexity index is 383. The zero-order chi connectivity index (χ0) is 13.7. The second kappa shape index (κ2) is 7.09. The molecule has 0 radical (unpaired) electrons. The molecule has 2 unspecified atom stereocenters. The minimum absolute atomic E-state index is 0.589. The van der Waals surface area contributed by atoms with Crippen molar-refractivity contribution >= 4 is 0 Å². The normalized spacial score (nSPS) is 22.5. The van der Waals surface area contributed by atoms with E-state index < -0.39 is 0 Å². The SMILES string of the molecule is CC(C)CCCCNC1CCC(C)c2ccccc21.